The zero-order valence-electron chi connectivity index (χ0n) is 11.2. The molecule has 4 rings (SSSR count). The molecule has 19 heavy (non-hydrogen) atoms. The SMILES string of the molecule is COc1ccc(C=C2C=C3C(=C2)C2CCC3C2)cc1. The van der Waals surface area contributed by atoms with Crippen LogP contribution in [0.4, 0.5) is 0 Å². The van der Waals surface area contributed by atoms with Gasteiger partial charge in [-0.1, -0.05) is 24.3 Å². The number of fused-ring (bicyclic) bond motifs is 5. The fourth-order valence-corrected chi connectivity index (χ4v) is 3.80. The summed E-state index contributed by atoms with van der Waals surface area (Å²) in [6.45, 7) is 0. The van der Waals surface area contributed by atoms with E-state index in [1.54, 1.807) is 18.3 Å². The van der Waals surface area contributed by atoms with Gasteiger partial charge in [0, 0.05) is 0 Å². The third-order valence-corrected chi connectivity index (χ3v) is 4.74. The van der Waals surface area contributed by atoms with Gasteiger partial charge in [0.15, 0.2) is 0 Å². The first-order valence-corrected chi connectivity index (χ1v) is 7.13. The average molecular weight is 250 g/mol. The second-order valence-corrected chi connectivity index (χ2v) is 5.82. The number of allylic oxidation sites excluding steroid dienone is 5. The zero-order chi connectivity index (χ0) is 12.8. The molecule has 0 radical (unpaired) electrons. The van der Waals surface area contributed by atoms with Gasteiger partial charge < -0.3 is 4.74 Å². The van der Waals surface area contributed by atoms with E-state index in [1.165, 1.54) is 30.4 Å². The summed E-state index contributed by atoms with van der Waals surface area (Å²) in [5.74, 6) is 2.64. The minimum atomic E-state index is 0.859. The van der Waals surface area contributed by atoms with Crippen LogP contribution in [0.1, 0.15) is 24.8 Å². The van der Waals surface area contributed by atoms with Crippen molar-refractivity contribution in [3.05, 3.63) is 58.7 Å². The van der Waals surface area contributed by atoms with Gasteiger partial charge in [-0.3, -0.25) is 0 Å². The Labute approximate surface area is 114 Å². The number of hydrogen-bond donors (Lipinski definition) is 0. The van der Waals surface area contributed by atoms with Crippen LogP contribution in [0.5, 0.6) is 5.75 Å². The van der Waals surface area contributed by atoms with Crippen molar-refractivity contribution in [3.63, 3.8) is 0 Å². The highest BCUT2D eigenvalue weighted by Gasteiger charge is 2.40. The molecule has 0 heterocycles. The molecule has 2 fully saturated rings. The van der Waals surface area contributed by atoms with E-state index in [9.17, 15) is 0 Å². The van der Waals surface area contributed by atoms with E-state index < -0.39 is 0 Å². The highest BCUT2D eigenvalue weighted by atomic mass is 16.5. The van der Waals surface area contributed by atoms with Crippen LogP contribution in [0.3, 0.4) is 0 Å². The summed E-state index contributed by atoms with van der Waals surface area (Å²) >= 11 is 0. The van der Waals surface area contributed by atoms with Gasteiger partial charge in [0.1, 0.15) is 5.75 Å². The van der Waals surface area contributed by atoms with Crippen molar-refractivity contribution in [1.82, 2.24) is 0 Å². The molecular weight excluding hydrogens is 232 g/mol. The predicted octanol–water partition coefficient (Wildman–Crippen LogP) is 4.37. The molecule has 2 saturated carbocycles. The molecule has 2 bridgehead atoms. The van der Waals surface area contributed by atoms with Gasteiger partial charge in [-0.05, 0) is 71.6 Å². The van der Waals surface area contributed by atoms with Crippen LogP contribution in [-0.4, -0.2) is 7.11 Å². The van der Waals surface area contributed by atoms with Crippen LogP contribution in [0.2, 0.25) is 0 Å². The standard InChI is InChI=1S/C18H18O/c1-19-16-6-2-12(3-7-16)8-13-9-17-14-4-5-15(11-14)18(17)10-13/h2-3,6-10,14-15H,4-5,11H2,1H3. The minimum absolute atomic E-state index is 0.859. The van der Waals surface area contributed by atoms with E-state index in [4.69, 9.17) is 4.74 Å². The van der Waals surface area contributed by atoms with Crippen molar-refractivity contribution in [1.29, 1.82) is 0 Å². The molecule has 1 nitrogen and oxygen atoms in total. The lowest BCUT2D eigenvalue weighted by Crippen LogP contribution is -1.99. The van der Waals surface area contributed by atoms with Crippen LogP contribution < -0.4 is 4.74 Å². The molecule has 0 aromatic heterocycles. The first-order chi connectivity index (χ1) is 9.33. The molecular formula is C18H18O. The van der Waals surface area contributed by atoms with Crippen molar-refractivity contribution in [2.24, 2.45) is 11.8 Å². The van der Waals surface area contributed by atoms with Crippen LogP contribution in [-0.2, 0) is 0 Å². The van der Waals surface area contributed by atoms with E-state index in [-0.39, 0.29) is 0 Å². The largest absolute Gasteiger partial charge is 0.497 e. The number of methoxy groups -OCH3 is 1. The molecule has 3 aliphatic carbocycles. The Morgan fingerprint density at radius 1 is 1.00 bits per heavy atom. The highest BCUT2D eigenvalue weighted by Crippen LogP contribution is 2.54. The van der Waals surface area contributed by atoms with Gasteiger partial charge in [0.05, 0.1) is 7.11 Å². The second-order valence-electron chi connectivity index (χ2n) is 5.82. The summed E-state index contributed by atoms with van der Waals surface area (Å²) in [4.78, 5) is 0. The minimum Gasteiger partial charge on any atom is -0.497 e. The second kappa shape index (κ2) is 4.12. The molecule has 0 aliphatic heterocycles. The van der Waals surface area contributed by atoms with Crippen molar-refractivity contribution in [3.8, 4) is 5.75 Å². The maximum atomic E-state index is 5.19. The van der Waals surface area contributed by atoms with Crippen LogP contribution in [0.15, 0.2) is 53.1 Å². The topological polar surface area (TPSA) is 9.23 Å². The van der Waals surface area contributed by atoms with E-state index in [0.717, 1.165) is 17.6 Å². The number of rotatable bonds is 2. The summed E-state index contributed by atoms with van der Waals surface area (Å²) in [5.41, 5.74) is 5.88. The Bertz CT molecular complexity index is 573. The van der Waals surface area contributed by atoms with Gasteiger partial charge >= 0.3 is 0 Å². The molecule has 0 amide bonds. The Hall–Kier alpha value is -1.76. The first kappa shape index (κ1) is 11.1. The number of ether oxygens (including phenoxy) is 1. The Kier molecular flexibility index (Phi) is 2.41. The molecule has 0 N–H and O–H groups in total. The highest BCUT2D eigenvalue weighted by molar-refractivity contribution is 5.68. The monoisotopic (exact) mass is 250 g/mol. The Balaban J connectivity index is 1.64. The zero-order valence-corrected chi connectivity index (χ0v) is 11.2. The Morgan fingerprint density at radius 3 is 2.21 bits per heavy atom. The van der Waals surface area contributed by atoms with Gasteiger partial charge in [-0.2, -0.15) is 0 Å². The van der Waals surface area contributed by atoms with E-state index in [1.807, 2.05) is 12.1 Å². The maximum Gasteiger partial charge on any atom is 0.118 e. The summed E-state index contributed by atoms with van der Waals surface area (Å²) in [6.07, 6.45) is 11.3. The fourth-order valence-electron chi connectivity index (χ4n) is 3.80. The molecule has 2 unspecified atom stereocenters. The first-order valence-electron chi connectivity index (χ1n) is 7.13. The molecule has 0 spiro atoms. The third-order valence-electron chi connectivity index (χ3n) is 4.74. The fraction of sp³-hybridized carbons (Fsp3) is 0.333. The van der Waals surface area contributed by atoms with Crippen LogP contribution in [0, 0.1) is 11.8 Å². The lowest BCUT2D eigenvalue weighted by atomic mass is 9.92. The molecule has 1 aromatic carbocycles. The van der Waals surface area contributed by atoms with Gasteiger partial charge in [-0.15, -0.1) is 0 Å². The van der Waals surface area contributed by atoms with Crippen molar-refractivity contribution in [2.75, 3.05) is 7.11 Å². The summed E-state index contributed by atoms with van der Waals surface area (Å²) in [5, 5.41) is 0. The molecule has 2 atom stereocenters. The average Bonchev–Trinajstić information content (AvgIpc) is 3.11. The number of benzene rings is 1. The molecule has 3 aliphatic rings. The molecule has 96 valence electrons. The quantitative estimate of drug-likeness (QED) is 0.757. The smallest absolute Gasteiger partial charge is 0.118 e. The van der Waals surface area contributed by atoms with Crippen LogP contribution in [0.25, 0.3) is 6.08 Å². The Morgan fingerprint density at radius 2 is 1.63 bits per heavy atom. The summed E-state index contributed by atoms with van der Waals surface area (Å²) in [6, 6.07) is 8.27. The van der Waals surface area contributed by atoms with Crippen LogP contribution >= 0.6 is 0 Å². The molecule has 0 saturated heterocycles. The molecule has 1 aromatic rings. The van der Waals surface area contributed by atoms with Crippen molar-refractivity contribution >= 4 is 6.08 Å². The van der Waals surface area contributed by atoms with E-state index in [2.05, 4.69) is 30.4 Å². The lowest BCUT2D eigenvalue weighted by molar-refractivity contribution is 0.415. The van der Waals surface area contributed by atoms with E-state index in [0.29, 0.717) is 0 Å². The van der Waals surface area contributed by atoms with E-state index >= 15 is 0 Å². The summed E-state index contributed by atoms with van der Waals surface area (Å²) < 4.78 is 5.19. The third kappa shape index (κ3) is 1.76. The molecule has 1 heteroatoms. The summed E-state index contributed by atoms with van der Waals surface area (Å²) in [7, 11) is 1.70. The predicted molar refractivity (Wildman–Crippen MR) is 78.0 cm³/mol. The van der Waals surface area contributed by atoms with Gasteiger partial charge in [0.2, 0.25) is 0 Å². The van der Waals surface area contributed by atoms with Crippen molar-refractivity contribution < 1.29 is 4.74 Å². The number of hydrogen-bond acceptors (Lipinski definition) is 1. The lowest BCUT2D eigenvalue weighted by Gasteiger charge is -2.12. The van der Waals surface area contributed by atoms with Gasteiger partial charge in [0.25, 0.3) is 0 Å². The van der Waals surface area contributed by atoms with Crippen molar-refractivity contribution in [2.45, 2.75) is 19.3 Å². The normalized spacial score (nSPS) is 27.1. The maximum absolute atomic E-state index is 5.19. The van der Waals surface area contributed by atoms with Gasteiger partial charge in [-0.25, -0.2) is 0 Å².